The van der Waals surface area contributed by atoms with E-state index in [-0.39, 0.29) is 10.6 Å². The fourth-order valence-electron chi connectivity index (χ4n) is 3.49. The number of nitro benzene ring substituents is 1. The predicted octanol–water partition coefficient (Wildman–Crippen LogP) is 2.49. The number of anilines is 1. The summed E-state index contributed by atoms with van der Waals surface area (Å²) in [7, 11) is 0. The van der Waals surface area contributed by atoms with Gasteiger partial charge in [0.1, 0.15) is 0 Å². The Labute approximate surface area is 149 Å². The second-order valence-electron chi connectivity index (χ2n) is 6.86. The standard InChI is InChI=1S/C20H25N3O2/c1-17(18-5-3-2-4-6-18)11-12-21-13-15-22(16-14-21)19-7-9-20(10-8-19)23(24)25/h2-10,17H,11-16H2,1H3/p+1/t17-/m1/s1. The van der Waals surface area contributed by atoms with Gasteiger partial charge in [-0.15, -0.1) is 0 Å². The molecule has 1 fully saturated rings. The Morgan fingerprint density at radius 3 is 2.32 bits per heavy atom. The molecule has 1 atom stereocenters. The lowest BCUT2D eigenvalue weighted by Crippen LogP contribution is -3.14. The van der Waals surface area contributed by atoms with Gasteiger partial charge in [-0.1, -0.05) is 37.3 Å². The quantitative estimate of drug-likeness (QED) is 0.649. The number of quaternary nitrogens is 1. The highest BCUT2D eigenvalue weighted by atomic mass is 16.6. The summed E-state index contributed by atoms with van der Waals surface area (Å²) in [6.45, 7) is 7.77. The average Bonchev–Trinajstić information content (AvgIpc) is 2.67. The Kier molecular flexibility index (Phi) is 5.66. The van der Waals surface area contributed by atoms with E-state index in [1.807, 2.05) is 12.1 Å². The van der Waals surface area contributed by atoms with Crippen LogP contribution in [0.5, 0.6) is 0 Å². The van der Waals surface area contributed by atoms with Crippen LogP contribution in [0, 0.1) is 10.1 Å². The molecular weight excluding hydrogens is 314 g/mol. The molecule has 25 heavy (non-hydrogen) atoms. The zero-order valence-electron chi connectivity index (χ0n) is 14.7. The van der Waals surface area contributed by atoms with Crippen LogP contribution in [0.4, 0.5) is 11.4 Å². The van der Waals surface area contributed by atoms with Crippen LogP contribution >= 0.6 is 0 Å². The smallest absolute Gasteiger partial charge is 0.269 e. The molecule has 1 aliphatic rings. The molecule has 0 saturated carbocycles. The fraction of sp³-hybridized carbons (Fsp3) is 0.400. The van der Waals surface area contributed by atoms with E-state index in [4.69, 9.17) is 0 Å². The largest absolute Gasteiger partial charge is 0.360 e. The second kappa shape index (κ2) is 8.12. The van der Waals surface area contributed by atoms with Crippen molar-refractivity contribution in [3.8, 4) is 0 Å². The molecule has 0 spiro atoms. The fourth-order valence-corrected chi connectivity index (χ4v) is 3.49. The molecule has 0 aliphatic carbocycles. The maximum absolute atomic E-state index is 10.7. The van der Waals surface area contributed by atoms with Crippen molar-refractivity contribution < 1.29 is 9.82 Å². The Balaban J connectivity index is 1.46. The third kappa shape index (κ3) is 4.57. The van der Waals surface area contributed by atoms with Gasteiger partial charge in [-0.3, -0.25) is 10.1 Å². The number of non-ortho nitro benzene ring substituents is 1. The van der Waals surface area contributed by atoms with Gasteiger partial charge in [0, 0.05) is 24.2 Å². The van der Waals surface area contributed by atoms with Gasteiger partial charge in [-0.25, -0.2) is 0 Å². The van der Waals surface area contributed by atoms with E-state index in [0.29, 0.717) is 5.92 Å². The maximum atomic E-state index is 10.7. The van der Waals surface area contributed by atoms with Crippen LogP contribution in [0.25, 0.3) is 0 Å². The zero-order valence-corrected chi connectivity index (χ0v) is 14.7. The first-order valence-corrected chi connectivity index (χ1v) is 9.01. The Morgan fingerprint density at radius 2 is 1.72 bits per heavy atom. The van der Waals surface area contributed by atoms with Crippen molar-refractivity contribution in [1.29, 1.82) is 0 Å². The zero-order chi connectivity index (χ0) is 17.6. The molecular formula is C20H26N3O2+. The van der Waals surface area contributed by atoms with Crippen molar-refractivity contribution in [1.82, 2.24) is 0 Å². The van der Waals surface area contributed by atoms with E-state index >= 15 is 0 Å². The summed E-state index contributed by atoms with van der Waals surface area (Å²) in [6, 6.07) is 17.6. The minimum absolute atomic E-state index is 0.155. The van der Waals surface area contributed by atoms with Crippen molar-refractivity contribution in [3.05, 3.63) is 70.3 Å². The average molecular weight is 340 g/mol. The lowest BCUT2D eigenvalue weighted by molar-refractivity contribution is -0.901. The molecule has 0 aromatic heterocycles. The second-order valence-corrected chi connectivity index (χ2v) is 6.86. The van der Waals surface area contributed by atoms with Crippen LogP contribution < -0.4 is 9.80 Å². The molecule has 0 amide bonds. The number of nitrogens with zero attached hydrogens (tertiary/aromatic N) is 2. The van der Waals surface area contributed by atoms with E-state index in [0.717, 1.165) is 31.9 Å². The van der Waals surface area contributed by atoms with Crippen LogP contribution in [0.3, 0.4) is 0 Å². The highest BCUT2D eigenvalue weighted by Gasteiger charge is 2.21. The molecule has 1 heterocycles. The van der Waals surface area contributed by atoms with Gasteiger partial charge in [-0.2, -0.15) is 0 Å². The summed E-state index contributed by atoms with van der Waals surface area (Å²) < 4.78 is 0. The van der Waals surface area contributed by atoms with E-state index in [2.05, 4.69) is 42.2 Å². The maximum Gasteiger partial charge on any atom is 0.269 e. The monoisotopic (exact) mass is 340 g/mol. The van der Waals surface area contributed by atoms with Crippen LogP contribution in [-0.2, 0) is 0 Å². The molecule has 1 N–H and O–H groups in total. The molecule has 0 radical (unpaired) electrons. The predicted molar refractivity (Wildman–Crippen MR) is 100 cm³/mol. The van der Waals surface area contributed by atoms with E-state index in [1.165, 1.54) is 18.5 Å². The SMILES string of the molecule is C[C@H](CC[NH+]1CCN(c2ccc([N+](=O)[O-])cc2)CC1)c1ccccc1. The number of rotatable bonds is 6. The van der Waals surface area contributed by atoms with E-state index < -0.39 is 0 Å². The molecule has 2 aromatic carbocycles. The summed E-state index contributed by atoms with van der Waals surface area (Å²) in [6.07, 6.45) is 1.21. The third-order valence-electron chi connectivity index (χ3n) is 5.20. The van der Waals surface area contributed by atoms with Crippen molar-refractivity contribution in [2.24, 2.45) is 0 Å². The van der Waals surface area contributed by atoms with Crippen LogP contribution in [0.15, 0.2) is 54.6 Å². The molecule has 0 unspecified atom stereocenters. The molecule has 0 bridgehead atoms. The highest BCUT2D eigenvalue weighted by Crippen LogP contribution is 2.19. The Bertz CT molecular complexity index is 680. The number of benzene rings is 2. The van der Waals surface area contributed by atoms with Crippen LogP contribution in [0.2, 0.25) is 0 Å². The van der Waals surface area contributed by atoms with Crippen molar-refractivity contribution in [2.45, 2.75) is 19.3 Å². The molecule has 3 rings (SSSR count). The van der Waals surface area contributed by atoms with Gasteiger partial charge in [-0.05, 0) is 23.6 Å². The molecule has 132 valence electrons. The van der Waals surface area contributed by atoms with E-state index in [1.54, 1.807) is 17.0 Å². The van der Waals surface area contributed by atoms with Crippen LogP contribution in [0.1, 0.15) is 24.8 Å². The van der Waals surface area contributed by atoms with Gasteiger partial charge in [0.15, 0.2) is 0 Å². The minimum Gasteiger partial charge on any atom is -0.360 e. The summed E-state index contributed by atoms with van der Waals surface area (Å²) in [5.74, 6) is 0.599. The number of hydrogen-bond acceptors (Lipinski definition) is 3. The van der Waals surface area contributed by atoms with Crippen molar-refractivity contribution >= 4 is 11.4 Å². The minimum atomic E-state index is -0.347. The Hall–Kier alpha value is -2.40. The van der Waals surface area contributed by atoms with Gasteiger partial charge in [0.05, 0.1) is 37.6 Å². The topological polar surface area (TPSA) is 50.8 Å². The van der Waals surface area contributed by atoms with Crippen molar-refractivity contribution in [2.75, 3.05) is 37.6 Å². The summed E-state index contributed by atoms with van der Waals surface area (Å²) in [5.41, 5.74) is 2.66. The molecule has 1 saturated heterocycles. The number of piperazine rings is 1. The first-order chi connectivity index (χ1) is 12.1. The summed E-state index contributed by atoms with van der Waals surface area (Å²) >= 11 is 0. The molecule has 1 aliphatic heterocycles. The lowest BCUT2D eigenvalue weighted by atomic mass is 9.97. The molecule has 5 nitrogen and oxygen atoms in total. The Morgan fingerprint density at radius 1 is 1.08 bits per heavy atom. The normalized spacial score (nSPS) is 16.6. The summed E-state index contributed by atoms with van der Waals surface area (Å²) in [5, 5.41) is 10.7. The number of hydrogen-bond donors (Lipinski definition) is 1. The first-order valence-electron chi connectivity index (χ1n) is 9.01. The molecule has 5 heteroatoms. The third-order valence-corrected chi connectivity index (χ3v) is 5.20. The van der Waals surface area contributed by atoms with Gasteiger partial charge >= 0.3 is 0 Å². The first kappa shape index (κ1) is 17.4. The van der Waals surface area contributed by atoms with Crippen LogP contribution in [-0.4, -0.2) is 37.6 Å². The molecule has 2 aromatic rings. The number of nitro groups is 1. The lowest BCUT2D eigenvalue weighted by Gasteiger charge is -2.34. The van der Waals surface area contributed by atoms with Gasteiger partial charge in [0.2, 0.25) is 0 Å². The van der Waals surface area contributed by atoms with Crippen molar-refractivity contribution in [3.63, 3.8) is 0 Å². The van der Waals surface area contributed by atoms with E-state index in [9.17, 15) is 10.1 Å². The van der Waals surface area contributed by atoms with Gasteiger partial charge < -0.3 is 9.80 Å². The summed E-state index contributed by atoms with van der Waals surface area (Å²) in [4.78, 5) is 14.4. The highest BCUT2D eigenvalue weighted by molar-refractivity contribution is 5.51. The number of nitrogens with one attached hydrogen (secondary N) is 1. The van der Waals surface area contributed by atoms with Gasteiger partial charge in [0.25, 0.3) is 5.69 Å².